The van der Waals surface area contributed by atoms with Crippen molar-refractivity contribution in [2.75, 3.05) is 7.11 Å². The van der Waals surface area contributed by atoms with Crippen LogP contribution in [0.4, 0.5) is 0 Å². The molecule has 3 saturated carbocycles. The molecule has 3 nitrogen and oxygen atoms in total. The first kappa shape index (κ1) is 12.2. The van der Waals surface area contributed by atoms with E-state index in [0.717, 1.165) is 32.1 Å². The largest absolute Gasteiger partial charge is 0.469 e. The van der Waals surface area contributed by atoms with Crippen LogP contribution in [0.1, 0.15) is 51.9 Å². The van der Waals surface area contributed by atoms with Gasteiger partial charge in [-0.15, -0.1) is 0 Å². The van der Waals surface area contributed by atoms with Crippen molar-refractivity contribution in [3.63, 3.8) is 0 Å². The highest BCUT2D eigenvalue weighted by Crippen LogP contribution is 2.72. The van der Waals surface area contributed by atoms with Crippen molar-refractivity contribution in [1.29, 1.82) is 0 Å². The van der Waals surface area contributed by atoms with Gasteiger partial charge in [-0.2, -0.15) is 0 Å². The Hall–Kier alpha value is -0.860. The highest BCUT2D eigenvalue weighted by molar-refractivity contribution is 5.93. The van der Waals surface area contributed by atoms with Crippen molar-refractivity contribution in [2.24, 2.45) is 22.7 Å². The summed E-state index contributed by atoms with van der Waals surface area (Å²) >= 11 is 0. The Morgan fingerprint density at radius 3 is 2.78 bits per heavy atom. The third kappa shape index (κ3) is 1.20. The molecule has 0 bridgehead atoms. The van der Waals surface area contributed by atoms with Gasteiger partial charge in [0.2, 0.25) is 0 Å². The minimum atomic E-state index is -0.459. The summed E-state index contributed by atoms with van der Waals surface area (Å²) in [5.41, 5.74) is -0.386. The van der Waals surface area contributed by atoms with Gasteiger partial charge in [0.15, 0.2) is 0 Å². The van der Waals surface area contributed by atoms with E-state index in [-0.39, 0.29) is 17.3 Å². The van der Waals surface area contributed by atoms with E-state index in [9.17, 15) is 9.59 Å². The maximum Gasteiger partial charge on any atom is 0.312 e. The average molecular weight is 250 g/mol. The number of rotatable bonds is 1. The van der Waals surface area contributed by atoms with Gasteiger partial charge in [-0.1, -0.05) is 19.8 Å². The third-order valence-electron chi connectivity index (χ3n) is 5.95. The predicted octanol–water partition coefficient (Wildman–Crippen LogP) is 2.73. The summed E-state index contributed by atoms with van der Waals surface area (Å²) in [4.78, 5) is 24.7. The molecular weight excluding hydrogens is 228 g/mol. The van der Waals surface area contributed by atoms with E-state index in [0.29, 0.717) is 18.1 Å². The van der Waals surface area contributed by atoms with Crippen LogP contribution in [-0.4, -0.2) is 18.9 Å². The number of hydrogen-bond donors (Lipinski definition) is 0. The Kier molecular flexibility index (Phi) is 2.58. The van der Waals surface area contributed by atoms with E-state index in [1.165, 1.54) is 13.5 Å². The SMILES string of the molecule is COC(=O)C12CCCCC1C1(C)CCCC(=O)C12. The molecule has 3 aliphatic carbocycles. The van der Waals surface area contributed by atoms with Crippen LogP contribution in [-0.2, 0) is 14.3 Å². The quantitative estimate of drug-likeness (QED) is 0.672. The number of ketones is 1. The van der Waals surface area contributed by atoms with E-state index < -0.39 is 5.41 Å². The zero-order valence-electron chi connectivity index (χ0n) is 11.3. The van der Waals surface area contributed by atoms with Gasteiger partial charge in [0.25, 0.3) is 0 Å². The molecule has 0 heterocycles. The van der Waals surface area contributed by atoms with Gasteiger partial charge >= 0.3 is 5.97 Å². The van der Waals surface area contributed by atoms with Gasteiger partial charge < -0.3 is 4.74 Å². The molecular formula is C15H22O3. The summed E-state index contributed by atoms with van der Waals surface area (Å²) in [6, 6.07) is 0. The first-order valence-electron chi connectivity index (χ1n) is 7.18. The zero-order valence-corrected chi connectivity index (χ0v) is 11.3. The molecule has 18 heavy (non-hydrogen) atoms. The number of esters is 1. The molecule has 3 fully saturated rings. The fraction of sp³-hybridized carbons (Fsp3) is 0.867. The van der Waals surface area contributed by atoms with Gasteiger partial charge in [-0.25, -0.2) is 0 Å². The topological polar surface area (TPSA) is 43.4 Å². The minimum Gasteiger partial charge on any atom is -0.469 e. The summed E-state index contributed by atoms with van der Waals surface area (Å²) < 4.78 is 5.07. The summed E-state index contributed by atoms with van der Waals surface area (Å²) in [6.07, 6.45) is 6.97. The normalized spacial score (nSPS) is 46.7. The van der Waals surface area contributed by atoms with Crippen LogP contribution in [0.3, 0.4) is 0 Å². The monoisotopic (exact) mass is 250 g/mol. The van der Waals surface area contributed by atoms with Crippen molar-refractivity contribution in [3.8, 4) is 0 Å². The predicted molar refractivity (Wildman–Crippen MR) is 66.9 cm³/mol. The highest BCUT2D eigenvalue weighted by atomic mass is 16.5. The summed E-state index contributed by atoms with van der Waals surface area (Å²) in [5, 5.41) is 0. The smallest absolute Gasteiger partial charge is 0.312 e. The van der Waals surface area contributed by atoms with Crippen LogP contribution in [0.15, 0.2) is 0 Å². The molecule has 0 aromatic heterocycles. The second-order valence-electron chi connectivity index (χ2n) is 6.59. The Balaban J connectivity index is 2.03. The third-order valence-corrected chi connectivity index (χ3v) is 5.95. The van der Waals surface area contributed by atoms with Crippen LogP contribution in [0, 0.1) is 22.7 Å². The molecule has 3 aliphatic rings. The fourth-order valence-corrected chi connectivity index (χ4v) is 5.47. The summed E-state index contributed by atoms with van der Waals surface area (Å²) in [6.45, 7) is 2.23. The second kappa shape index (κ2) is 3.82. The lowest BCUT2D eigenvalue weighted by atomic mass is 9.33. The van der Waals surface area contributed by atoms with Crippen LogP contribution >= 0.6 is 0 Å². The lowest BCUT2D eigenvalue weighted by molar-refractivity contribution is -0.235. The first-order chi connectivity index (χ1) is 8.57. The molecule has 3 rings (SSSR count). The fourth-order valence-electron chi connectivity index (χ4n) is 5.47. The van der Waals surface area contributed by atoms with Gasteiger partial charge in [0.1, 0.15) is 5.78 Å². The Labute approximate surface area is 108 Å². The number of carbonyl (C=O) groups is 2. The Morgan fingerprint density at radius 2 is 2.06 bits per heavy atom. The highest BCUT2D eigenvalue weighted by Gasteiger charge is 2.74. The van der Waals surface area contributed by atoms with Crippen molar-refractivity contribution in [2.45, 2.75) is 51.9 Å². The number of hydrogen-bond acceptors (Lipinski definition) is 3. The maximum atomic E-state index is 12.3. The number of carbonyl (C=O) groups excluding carboxylic acids is 2. The zero-order chi connectivity index (χ0) is 13.0. The molecule has 3 heteroatoms. The van der Waals surface area contributed by atoms with Gasteiger partial charge in [-0.05, 0) is 37.0 Å². The molecule has 0 N–H and O–H groups in total. The van der Waals surface area contributed by atoms with E-state index in [2.05, 4.69) is 6.92 Å². The van der Waals surface area contributed by atoms with Crippen molar-refractivity contribution in [3.05, 3.63) is 0 Å². The standard InChI is InChI=1S/C15H22O3/c1-14-8-5-6-10(16)12(14)15(13(17)18-2)9-4-3-7-11(14)15/h11-12H,3-9H2,1-2H3. The Morgan fingerprint density at radius 1 is 1.28 bits per heavy atom. The molecule has 0 aliphatic heterocycles. The molecule has 0 spiro atoms. The van der Waals surface area contributed by atoms with Gasteiger partial charge in [-0.3, -0.25) is 9.59 Å². The first-order valence-corrected chi connectivity index (χ1v) is 7.18. The average Bonchev–Trinajstić information content (AvgIpc) is 2.36. The molecule has 0 aromatic rings. The second-order valence-corrected chi connectivity index (χ2v) is 6.59. The lowest BCUT2D eigenvalue weighted by Crippen LogP contribution is -2.71. The van der Waals surface area contributed by atoms with E-state index in [1.54, 1.807) is 0 Å². The number of Topliss-reactive ketones (excluding diaryl/α,β-unsaturated/α-hetero) is 1. The van der Waals surface area contributed by atoms with Crippen LogP contribution in [0.2, 0.25) is 0 Å². The van der Waals surface area contributed by atoms with Crippen LogP contribution < -0.4 is 0 Å². The molecule has 100 valence electrons. The van der Waals surface area contributed by atoms with E-state index >= 15 is 0 Å². The number of methoxy groups -OCH3 is 1. The van der Waals surface area contributed by atoms with Gasteiger partial charge in [0, 0.05) is 12.3 Å². The van der Waals surface area contributed by atoms with E-state index in [1.807, 2.05) is 0 Å². The van der Waals surface area contributed by atoms with Crippen molar-refractivity contribution in [1.82, 2.24) is 0 Å². The molecule has 4 unspecified atom stereocenters. The number of ether oxygens (including phenoxy) is 1. The van der Waals surface area contributed by atoms with Crippen LogP contribution in [0.25, 0.3) is 0 Å². The Bertz CT molecular complexity index is 403. The summed E-state index contributed by atoms with van der Waals surface area (Å²) in [5.74, 6) is 0.508. The number of fused-ring (bicyclic) bond motifs is 4. The molecule has 0 amide bonds. The van der Waals surface area contributed by atoms with Crippen molar-refractivity contribution < 1.29 is 14.3 Å². The molecule has 0 saturated heterocycles. The van der Waals surface area contributed by atoms with Crippen LogP contribution in [0.5, 0.6) is 0 Å². The maximum absolute atomic E-state index is 12.3. The molecule has 0 aromatic carbocycles. The lowest BCUT2D eigenvalue weighted by Gasteiger charge is -2.68. The molecule has 0 radical (unpaired) electrons. The minimum absolute atomic E-state index is 0.0588. The van der Waals surface area contributed by atoms with E-state index in [4.69, 9.17) is 4.74 Å². The van der Waals surface area contributed by atoms with Gasteiger partial charge in [0.05, 0.1) is 12.5 Å². The molecule has 4 atom stereocenters. The van der Waals surface area contributed by atoms with Crippen molar-refractivity contribution >= 4 is 11.8 Å². The summed E-state index contributed by atoms with van der Waals surface area (Å²) in [7, 11) is 1.46.